The molecule has 0 aliphatic carbocycles. The molecule has 0 aromatic heterocycles. The van der Waals surface area contributed by atoms with Crippen LogP contribution < -0.4 is 10.1 Å². The van der Waals surface area contributed by atoms with E-state index in [1.54, 1.807) is 0 Å². The van der Waals surface area contributed by atoms with Crippen molar-refractivity contribution < 1.29 is 4.74 Å². The normalized spacial score (nSPS) is 17.2. The van der Waals surface area contributed by atoms with Gasteiger partial charge in [0.25, 0.3) is 0 Å². The molecule has 0 saturated carbocycles. The summed E-state index contributed by atoms with van der Waals surface area (Å²) in [5, 5.41) is 4.28. The van der Waals surface area contributed by atoms with Crippen LogP contribution in [0.25, 0.3) is 0 Å². The van der Waals surface area contributed by atoms with Crippen molar-refractivity contribution in [1.82, 2.24) is 5.32 Å². The van der Waals surface area contributed by atoms with Crippen molar-refractivity contribution in [2.24, 2.45) is 4.99 Å². The van der Waals surface area contributed by atoms with Crippen molar-refractivity contribution in [3.8, 4) is 5.75 Å². The van der Waals surface area contributed by atoms with Gasteiger partial charge in [0.15, 0.2) is 0 Å². The number of benzene rings is 2. The van der Waals surface area contributed by atoms with Gasteiger partial charge in [0, 0.05) is 5.02 Å². The summed E-state index contributed by atoms with van der Waals surface area (Å²) in [4.78, 5) is 4.71. The maximum atomic E-state index is 5.98. The number of halogens is 1. The molecular weight excluding hydrogens is 332 g/mol. The Morgan fingerprint density at radius 2 is 1.88 bits per heavy atom. The summed E-state index contributed by atoms with van der Waals surface area (Å²) in [5.74, 6) is 1.78. The van der Waals surface area contributed by atoms with Gasteiger partial charge in [-0.25, -0.2) is 0 Å². The molecule has 1 aliphatic heterocycles. The van der Waals surface area contributed by atoms with E-state index in [0.29, 0.717) is 13.2 Å². The third-order valence-electron chi connectivity index (χ3n) is 4.42. The van der Waals surface area contributed by atoms with Gasteiger partial charge < -0.3 is 10.1 Å². The summed E-state index contributed by atoms with van der Waals surface area (Å²) >= 11 is 5.98. The largest absolute Gasteiger partial charge is 0.493 e. The fraction of sp³-hybridized carbons (Fsp3) is 0.381. The molecule has 0 amide bonds. The van der Waals surface area contributed by atoms with E-state index in [9.17, 15) is 0 Å². The number of nitrogens with zero attached hydrogens (tertiary/aromatic N) is 1. The SMILES string of the molecule is CCOc1cc(C(C)(C)C)ccc1C1=NCC(c2ccc(Cl)cc2)N1. The predicted octanol–water partition coefficient (Wildman–Crippen LogP) is 5.13. The highest BCUT2D eigenvalue weighted by molar-refractivity contribution is 6.30. The lowest BCUT2D eigenvalue weighted by Crippen LogP contribution is -2.25. The minimum absolute atomic E-state index is 0.0845. The van der Waals surface area contributed by atoms with Gasteiger partial charge in [-0.2, -0.15) is 0 Å². The van der Waals surface area contributed by atoms with Crippen LogP contribution in [0.4, 0.5) is 0 Å². The van der Waals surface area contributed by atoms with Crippen molar-refractivity contribution >= 4 is 17.4 Å². The van der Waals surface area contributed by atoms with E-state index in [-0.39, 0.29) is 11.5 Å². The van der Waals surface area contributed by atoms with Crippen LogP contribution >= 0.6 is 11.6 Å². The Morgan fingerprint density at radius 1 is 1.16 bits per heavy atom. The molecule has 1 aliphatic rings. The lowest BCUT2D eigenvalue weighted by Gasteiger charge is -2.22. The molecule has 4 heteroatoms. The van der Waals surface area contributed by atoms with Crippen molar-refractivity contribution in [3.05, 3.63) is 64.2 Å². The molecule has 3 nitrogen and oxygen atoms in total. The predicted molar refractivity (Wildman–Crippen MR) is 105 cm³/mol. The highest BCUT2D eigenvalue weighted by Crippen LogP contribution is 2.30. The van der Waals surface area contributed by atoms with Crippen molar-refractivity contribution in [2.75, 3.05) is 13.2 Å². The molecule has 132 valence electrons. The van der Waals surface area contributed by atoms with E-state index in [2.05, 4.69) is 44.3 Å². The number of ether oxygens (including phenoxy) is 1. The zero-order valence-electron chi connectivity index (χ0n) is 15.3. The monoisotopic (exact) mass is 356 g/mol. The highest BCUT2D eigenvalue weighted by atomic mass is 35.5. The van der Waals surface area contributed by atoms with Crippen molar-refractivity contribution in [1.29, 1.82) is 0 Å². The minimum atomic E-state index is 0.0845. The topological polar surface area (TPSA) is 33.6 Å². The molecule has 1 atom stereocenters. The van der Waals surface area contributed by atoms with Crippen molar-refractivity contribution in [3.63, 3.8) is 0 Å². The van der Waals surface area contributed by atoms with E-state index < -0.39 is 0 Å². The smallest absolute Gasteiger partial charge is 0.132 e. The van der Waals surface area contributed by atoms with E-state index in [4.69, 9.17) is 21.3 Å². The standard InChI is InChI=1S/C21H25ClN2O/c1-5-25-19-12-15(21(2,3)4)8-11-17(19)20-23-13-18(24-20)14-6-9-16(22)10-7-14/h6-12,18H,5,13H2,1-4H3,(H,23,24). The Bertz CT molecular complexity index is 775. The molecule has 1 unspecified atom stereocenters. The molecule has 3 rings (SSSR count). The molecule has 2 aromatic rings. The van der Waals surface area contributed by atoms with Gasteiger partial charge in [0.2, 0.25) is 0 Å². The average Bonchev–Trinajstić information content (AvgIpc) is 3.05. The van der Waals surface area contributed by atoms with Crippen LogP contribution in [0, 0.1) is 0 Å². The first-order chi connectivity index (χ1) is 11.9. The molecule has 2 aromatic carbocycles. The lowest BCUT2D eigenvalue weighted by molar-refractivity contribution is 0.338. The molecule has 0 radical (unpaired) electrons. The summed E-state index contributed by atoms with van der Waals surface area (Å²) in [6, 6.07) is 14.5. The Balaban J connectivity index is 1.85. The summed E-state index contributed by atoms with van der Waals surface area (Å²) in [6.45, 7) is 9.98. The van der Waals surface area contributed by atoms with Gasteiger partial charge in [-0.15, -0.1) is 0 Å². The Hall–Kier alpha value is -2.00. The van der Waals surface area contributed by atoms with Gasteiger partial charge in [-0.3, -0.25) is 4.99 Å². The first-order valence-corrected chi connectivity index (χ1v) is 9.10. The maximum Gasteiger partial charge on any atom is 0.132 e. The van der Waals surface area contributed by atoms with E-state index in [1.807, 2.05) is 31.2 Å². The number of rotatable bonds is 4. The van der Waals surface area contributed by atoms with Gasteiger partial charge in [-0.05, 0) is 47.7 Å². The van der Waals surface area contributed by atoms with E-state index >= 15 is 0 Å². The fourth-order valence-electron chi connectivity index (χ4n) is 2.95. The lowest BCUT2D eigenvalue weighted by atomic mass is 9.86. The molecule has 0 spiro atoms. The van der Waals surface area contributed by atoms with Gasteiger partial charge in [0.1, 0.15) is 11.6 Å². The molecule has 0 fully saturated rings. The Kier molecular flexibility index (Phi) is 5.05. The fourth-order valence-corrected chi connectivity index (χ4v) is 3.07. The van der Waals surface area contributed by atoms with Gasteiger partial charge in [0.05, 0.1) is 24.8 Å². The molecular formula is C21H25ClN2O. The number of hydrogen-bond donors (Lipinski definition) is 1. The summed E-state index contributed by atoms with van der Waals surface area (Å²) in [6.07, 6.45) is 0. The zero-order valence-corrected chi connectivity index (χ0v) is 16.0. The van der Waals surface area contributed by atoms with E-state index in [0.717, 1.165) is 22.2 Å². The summed E-state index contributed by atoms with van der Waals surface area (Å²) in [7, 11) is 0. The minimum Gasteiger partial charge on any atom is -0.493 e. The molecule has 1 N–H and O–H groups in total. The Labute approximate surface area is 155 Å². The molecule has 0 bridgehead atoms. The third-order valence-corrected chi connectivity index (χ3v) is 4.67. The van der Waals surface area contributed by atoms with Gasteiger partial charge >= 0.3 is 0 Å². The number of amidine groups is 1. The number of nitrogens with one attached hydrogen (secondary N) is 1. The van der Waals surface area contributed by atoms with Crippen LogP contribution in [0.5, 0.6) is 5.75 Å². The first kappa shape index (κ1) is 17.8. The van der Waals surface area contributed by atoms with Gasteiger partial charge in [-0.1, -0.05) is 50.6 Å². The van der Waals surface area contributed by atoms with Crippen LogP contribution in [0.15, 0.2) is 47.5 Å². The summed E-state index contributed by atoms with van der Waals surface area (Å²) < 4.78 is 5.90. The van der Waals surface area contributed by atoms with Crippen LogP contribution in [0.2, 0.25) is 5.02 Å². The van der Waals surface area contributed by atoms with Crippen LogP contribution in [-0.4, -0.2) is 19.0 Å². The van der Waals surface area contributed by atoms with Crippen LogP contribution in [-0.2, 0) is 5.41 Å². The second-order valence-electron chi connectivity index (χ2n) is 7.33. The highest BCUT2D eigenvalue weighted by Gasteiger charge is 2.24. The van der Waals surface area contributed by atoms with E-state index in [1.165, 1.54) is 11.1 Å². The van der Waals surface area contributed by atoms with Crippen LogP contribution in [0.3, 0.4) is 0 Å². The quantitative estimate of drug-likeness (QED) is 0.824. The number of aliphatic imine (C=N–C) groups is 1. The van der Waals surface area contributed by atoms with Crippen LogP contribution in [0.1, 0.15) is 50.4 Å². The van der Waals surface area contributed by atoms with Crippen molar-refractivity contribution in [2.45, 2.75) is 39.2 Å². The molecule has 25 heavy (non-hydrogen) atoms. The number of hydrogen-bond acceptors (Lipinski definition) is 3. The maximum absolute atomic E-state index is 5.98. The Morgan fingerprint density at radius 3 is 2.52 bits per heavy atom. The second-order valence-corrected chi connectivity index (χ2v) is 7.77. The zero-order chi connectivity index (χ0) is 18.0. The first-order valence-electron chi connectivity index (χ1n) is 8.72. The second kappa shape index (κ2) is 7.09. The molecule has 0 saturated heterocycles. The molecule has 1 heterocycles. The summed E-state index contributed by atoms with van der Waals surface area (Å²) in [5.41, 5.74) is 3.55. The average molecular weight is 357 g/mol. The third kappa shape index (κ3) is 3.98.